The van der Waals surface area contributed by atoms with Gasteiger partial charge in [0.1, 0.15) is 0 Å². The number of anilines is 3. The summed E-state index contributed by atoms with van der Waals surface area (Å²) in [6.07, 6.45) is 0. The van der Waals surface area contributed by atoms with Gasteiger partial charge in [-0.3, -0.25) is 0 Å². The molecule has 12 rings (SSSR count). The van der Waals surface area contributed by atoms with Crippen LogP contribution in [-0.2, 0) is 0 Å². The largest absolute Gasteiger partial charge is 0.310 e. The van der Waals surface area contributed by atoms with E-state index in [1.54, 1.807) is 0 Å². The van der Waals surface area contributed by atoms with Crippen LogP contribution in [0.1, 0.15) is 0 Å². The lowest BCUT2D eigenvalue weighted by Crippen LogP contribution is -2.09. The molecule has 1 aromatic heterocycles. The number of fused-ring (bicyclic) bond motifs is 5. The Morgan fingerprint density at radius 1 is 0.234 bits per heavy atom. The van der Waals surface area contributed by atoms with Crippen molar-refractivity contribution in [2.24, 2.45) is 0 Å². The minimum Gasteiger partial charge on any atom is -0.310 e. The topological polar surface area (TPSA) is 3.24 Å². The second kappa shape index (κ2) is 16.0. The van der Waals surface area contributed by atoms with Gasteiger partial charge in [0.15, 0.2) is 0 Å². The van der Waals surface area contributed by atoms with Crippen LogP contribution in [-0.4, -0.2) is 0 Å². The molecule has 12 aromatic rings. The third-order valence-corrected chi connectivity index (χ3v) is 14.0. The maximum absolute atomic E-state index is 2.38. The van der Waals surface area contributed by atoms with Crippen molar-refractivity contribution < 1.29 is 0 Å². The van der Waals surface area contributed by atoms with Gasteiger partial charge in [-0.25, -0.2) is 0 Å². The summed E-state index contributed by atoms with van der Waals surface area (Å²) in [6.45, 7) is 0. The highest BCUT2D eigenvalue weighted by atomic mass is 32.1. The summed E-state index contributed by atoms with van der Waals surface area (Å²) in [4.78, 5) is 2.38. The number of hydrogen-bond donors (Lipinski definition) is 0. The fourth-order valence-corrected chi connectivity index (χ4v) is 10.9. The fraction of sp³-hybridized carbons (Fsp3) is 0. The van der Waals surface area contributed by atoms with Gasteiger partial charge in [-0.2, -0.15) is 0 Å². The highest BCUT2D eigenvalue weighted by Crippen LogP contribution is 2.45. The minimum atomic E-state index is 1.10. The molecule has 1 nitrogen and oxygen atoms in total. The van der Waals surface area contributed by atoms with Gasteiger partial charge in [0.05, 0.1) is 0 Å². The quantitative estimate of drug-likeness (QED) is 0.147. The van der Waals surface area contributed by atoms with Crippen molar-refractivity contribution in [1.82, 2.24) is 0 Å². The Labute approximate surface area is 377 Å². The van der Waals surface area contributed by atoms with Crippen molar-refractivity contribution in [2.75, 3.05) is 4.90 Å². The lowest BCUT2D eigenvalue weighted by Gasteiger charge is -2.26. The van der Waals surface area contributed by atoms with Crippen molar-refractivity contribution in [3.05, 3.63) is 249 Å². The Morgan fingerprint density at radius 2 is 0.703 bits per heavy atom. The summed E-state index contributed by atoms with van der Waals surface area (Å²) in [5.41, 5.74) is 15.6. The second-order valence-corrected chi connectivity index (χ2v) is 17.5. The standard InChI is InChI=1S/C62H41NS/c1-3-15-44(16-4-1)54-39-33-49(41-60(54)57-25-11-21-45-19-9-10-22-53(45)57)43-28-34-50(35-29-43)63(52-38-30-42-14-7-8-20-48(42)40-52)51-36-31-47(32-37-51)56-24-13-27-59-58-26-12-23-55(61(58)64-62(56)59)46-17-5-2-6-18-46/h1-41H. The van der Waals surface area contributed by atoms with E-state index in [4.69, 9.17) is 0 Å². The maximum Gasteiger partial charge on any atom is 0.0468 e. The van der Waals surface area contributed by atoms with E-state index in [0.29, 0.717) is 0 Å². The first-order valence-corrected chi connectivity index (χ1v) is 22.7. The van der Waals surface area contributed by atoms with Crippen LogP contribution in [0.25, 0.3) is 97.4 Å². The van der Waals surface area contributed by atoms with Crippen molar-refractivity contribution in [3.8, 4) is 55.6 Å². The van der Waals surface area contributed by atoms with Gasteiger partial charge < -0.3 is 4.90 Å². The van der Waals surface area contributed by atoms with Gasteiger partial charge in [0, 0.05) is 37.2 Å². The molecule has 1 heterocycles. The maximum atomic E-state index is 2.38. The predicted molar refractivity (Wildman–Crippen MR) is 276 cm³/mol. The molecule has 0 aliphatic carbocycles. The number of thiophene rings is 1. The van der Waals surface area contributed by atoms with Crippen molar-refractivity contribution in [3.63, 3.8) is 0 Å². The summed E-state index contributed by atoms with van der Waals surface area (Å²) in [6, 6.07) is 90.8. The van der Waals surface area contributed by atoms with Crippen molar-refractivity contribution in [2.45, 2.75) is 0 Å². The van der Waals surface area contributed by atoms with Gasteiger partial charge in [-0.1, -0.05) is 206 Å². The smallest absolute Gasteiger partial charge is 0.0468 e. The molecule has 0 aliphatic rings. The molecule has 0 radical (unpaired) electrons. The van der Waals surface area contributed by atoms with Crippen molar-refractivity contribution >= 4 is 70.1 Å². The normalized spacial score (nSPS) is 11.4. The lowest BCUT2D eigenvalue weighted by molar-refractivity contribution is 1.29. The molecule has 0 atom stereocenters. The molecule has 300 valence electrons. The van der Waals surface area contributed by atoms with Crippen LogP contribution >= 0.6 is 11.3 Å². The van der Waals surface area contributed by atoms with Gasteiger partial charge in [0.25, 0.3) is 0 Å². The first-order valence-electron chi connectivity index (χ1n) is 21.9. The lowest BCUT2D eigenvalue weighted by atomic mass is 9.89. The molecular formula is C62H41NS. The third-order valence-electron chi connectivity index (χ3n) is 12.7. The van der Waals surface area contributed by atoms with Gasteiger partial charge in [-0.05, 0) is 120 Å². The zero-order chi connectivity index (χ0) is 42.4. The SMILES string of the molecule is c1ccc(-c2ccc(-c3ccc(N(c4ccc(-c5cccc6c5sc5c(-c7ccccc7)cccc56)cc4)c4ccc5ccccc5c4)cc3)cc2-c2cccc3ccccc23)cc1. The molecule has 0 saturated heterocycles. The molecule has 0 fully saturated rings. The molecule has 0 bridgehead atoms. The molecule has 64 heavy (non-hydrogen) atoms. The van der Waals surface area contributed by atoms with Gasteiger partial charge in [0.2, 0.25) is 0 Å². The molecule has 0 spiro atoms. The summed E-state index contributed by atoms with van der Waals surface area (Å²) >= 11 is 1.90. The Kier molecular flexibility index (Phi) is 9.43. The summed E-state index contributed by atoms with van der Waals surface area (Å²) < 4.78 is 2.65. The van der Waals surface area contributed by atoms with E-state index in [1.807, 2.05) is 11.3 Å². The van der Waals surface area contributed by atoms with E-state index in [-0.39, 0.29) is 0 Å². The van der Waals surface area contributed by atoms with Crippen LogP contribution in [0.5, 0.6) is 0 Å². The molecule has 2 heteroatoms. The number of benzene rings is 11. The highest BCUT2D eigenvalue weighted by Gasteiger charge is 2.18. The van der Waals surface area contributed by atoms with E-state index in [2.05, 4.69) is 254 Å². The number of rotatable bonds is 8. The summed E-state index contributed by atoms with van der Waals surface area (Å²) in [5, 5.41) is 7.54. The monoisotopic (exact) mass is 831 g/mol. The average Bonchev–Trinajstić information content (AvgIpc) is 3.76. The van der Waals surface area contributed by atoms with Crippen LogP contribution in [0, 0.1) is 0 Å². The zero-order valence-electron chi connectivity index (χ0n) is 35.0. The van der Waals surface area contributed by atoms with Crippen LogP contribution in [0.3, 0.4) is 0 Å². The van der Waals surface area contributed by atoms with E-state index in [9.17, 15) is 0 Å². The fourth-order valence-electron chi connectivity index (χ4n) is 9.52. The van der Waals surface area contributed by atoms with Crippen molar-refractivity contribution in [1.29, 1.82) is 0 Å². The Bertz CT molecular complexity index is 3640. The Morgan fingerprint density at radius 3 is 1.38 bits per heavy atom. The molecule has 0 aliphatic heterocycles. The van der Waals surface area contributed by atoms with Gasteiger partial charge in [-0.15, -0.1) is 11.3 Å². The molecule has 0 N–H and O–H groups in total. The average molecular weight is 832 g/mol. The highest BCUT2D eigenvalue weighted by molar-refractivity contribution is 7.26. The zero-order valence-corrected chi connectivity index (χ0v) is 35.8. The van der Waals surface area contributed by atoms with Crippen LogP contribution < -0.4 is 4.90 Å². The summed E-state index contributed by atoms with van der Waals surface area (Å²) in [5.74, 6) is 0. The first kappa shape index (κ1) is 37.7. The summed E-state index contributed by atoms with van der Waals surface area (Å²) in [7, 11) is 0. The predicted octanol–water partition coefficient (Wildman–Crippen LogP) is 18.2. The van der Waals surface area contributed by atoms with Crippen LogP contribution in [0.4, 0.5) is 17.1 Å². The van der Waals surface area contributed by atoms with Crippen LogP contribution in [0.2, 0.25) is 0 Å². The van der Waals surface area contributed by atoms with Crippen LogP contribution in [0.15, 0.2) is 249 Å². The van der Waals surface area contributed by atoms with E-state index < -0.39 is 0 Å². The first-order chi connectivity index (χ1) is 31.7. The van der Waals surface area contributed by atoms with E-state index in [1.165, 1.54) is 97.4 Å². The molecule has 0 unspecified atom stereocenters. The minimum absolute atomic E-state index is 1.10. The molecule has 11 aromatic carbocycles. The Balaban J connectivity index is 0.942. The number of nitrogens with zero attached hydrogens (tertiary/aromatic N) is 1. The number of hydrogen-bond acceptors (Lipinski definition) is 2. The Hall–Kier alpha value is -8.04. The van der Waals surface area contributed by atoms with E-state index in [0.717, 1.165) is 17.1 Å². The molecular weight excluding hydrogens is 791 g/mol. The molecule has 0 amide bonds. The third kappa shape index (κ3) is 6.73. The second-order valence-electron chi connectivity index (χ2n) is 16.4. The van der Waals surface area contributed by atoms with Gasteiger partial charge >= 0.3 is 0 Å². The molecule has 0 saturated carbocycles. The van der Waals surface area contributed by atoms with E-state index >= 15 is 0 Å².